The number of hydrogen-bond donors (Lipinski definition) is 0. The van der Waals surface area contributed by atoms with Gasteiger partial charge in [-0.25, -0.2) is 9.37 Å². The maximum atomic E-state index is 13.3. The van der Waals surface area contributed by atoms with Gasteiger partial charge in [0.05, 0.1) is 11.4 Å². The van der Waals surface area contributed by atoms with Crippen LogP contribution in [0.2, 0.25) is 0 Å². The first kappa shape index (κ1) is 23.3. The van der Waals surface area contributed by atoms with E-state index in [1.807, 2.05) is 30.3 Å². The van der Waals surface area contributed by atoms with Crippen LogP contribution in [0.3, 0.4) is 0 Å². The minimum Gasteiger partial charge on any atom is -0.341 e. The fraction of sp³-hybridized carbons (Fsp3) is 0.308. The Morgan fingerprint density at radius 1 is 1.09 bits per heavy atom. The first-order chi connectivity index (χ1) is 17.0. The molecule has 0 saturated heterocycles. The molecular formula is C26H26FN5O2S. The van der Waals surface area contributed by atoms with Crippen LogP contribution in [0.25, 0.3) is 17.1 Å². The van der Waals surface area contributed by atoms with Gasteiger partial charge in [0.25, 0.3) is 5.56 Å². The summed E-state index contributed by atoms with van der Waals surface area (Å²) < 4.78 is 16.7. The predicted octanol–water partition coefficient (Wildman–Crippen LogP) is 4.15. The van der Waals surface area contributed by atoms with Gasteiger partial charge in [0.2, 0.25) is 5.91 Å². The van der Waals surface area contributed by atoms with Crippen molar-refractivity contribution in [3.63, 3.8) is 0 Å². The molecule has 0 aromatic heterocycles. The van der Waals surface area contributed by atoms with E-state index in [0.717, 1.165) is 43.5 Å². The molecule has 0 unspecified atom stereocenters. The average Bonchev–Trinajstić information content (AvgIpc) is 3.03. The predicted molar refractivity (Wildman–Crippen MR) is 133 cm³/mol. The summed E-state index contributed by atoms with van der Waals surface area (Å²) in [4.78, 5) is 32.6. The maximum Gasteiger partial charge on any atom is 0.284 e. The third-order valence-electron chi connectivity index (χ3n) is 6.25. The summed E-state index contributed by atoms with van der Waals surface area (Å²) >= 11 is 1.37. The second kappa shape index (κ2) is 10.0. The number of carbonyl (C=O) groups excluding carboxylic acids is 1. The number of carbonyl (C=O) groups is 1. The average molecular weight is 492 g/mol. The summed E-state index contributed by atoms with van der Waals surface area (Å²) in [5.74, 6) is 0.276. The van der Waals surface area contributed by atoms with Crippen LogP contribution < -0.4 is 5.56 Å². The molecule has 0 atom stereocenters. The minimum atomic E-state index is -0.298. The second-order valence-electron chi connectivity index (χ2n) is 8.72. The quantitative estimate of drug-likeness (QED) is 0.299. The van der Waals surface area contributed by atoms with E-state index in [-0.39, 0.29) is 23.0 Å². The number of amides is 1. The van der Waals surface area contributed by atoms with Crippen LogP contribution in [0.4, 0.5) is 4.39 Å². The zero-order chi connectivity index (χ0) is 24.4. The first-order valence-corrected chi connectivity index (χ1v) is 12.7. The Bertz CT molecular complexity index is 1370. The number of benzene rings is 2. The Balaban J connectivity index is 1.43. The monoisotopic (exact) mass is 491 g/mol. The molecule has 3 aliphatic heterocycles. The van der Waals surface area contributed by atoms with E-state index >= 15 is 0 Å². The summed E-state index contributed by atoms with van der Waals surface area (Å²) in [6.45, 7) is 1.16. The van der Waals surface area contributed by atoms with Crippen molar-refractivity contribution in [1.29, 1.82) is 0 Å². The van der Waals surface area contributed by atoms with Crippen molar-refractivity contribution in [1.82, 2.24) is 24.2 Å². The van der Waals surface area contributed by atoms with E-state index in [1.54, 1.807) is 24.1 Å². The van der Waals surface area contributed by atoms with Crippen molar-refractivity contribution in [2.75, 3.05) is 12.8 Å². The highest BCUT2D eigenvalue weighted by Crippen LogP contribution is 2.30. The van der Waals surface area contributed by atoms with Gasteiger partial charge >= 0.3 is 0 Å². The van der Waals surface area contributed by atoms with Crippen LogP contribution in [-0.4, -0.2) is 42.9 Å². The van der Waals surface area contributed by atoms with E-state index < -0.39 is 0 Å². The molecule has 3 aliphatic rings. The third kappa shape index (κ3) is 4.86. The number of para-hydroxylation sites is 1. The molecule has 0 aliphatic carbocycles. The van der Waals surface area contributed by atoms with Gasteiger partial charge in [-0.3, -0.25) is 9.59 Å². The van der Waals surface area contributed by atoms with Gasteiger partial charge < -0.3 is 9.47 Å². The van der Waals surface area contributed by atoms with Crippen LogP contribution in [0.15, 0.2) is 64.5 Å². The summed E-state index contributed by atoms with van der Waals surface area (Å²) in [5.41, 5.74) is 2.93. The molecule has 1 amide bonds. The molecule has 180 valence electrons. The smallest absolute Gasteiger partial charge is 0.284 e. The van der Waals surface area contributed by atoms with E-state index in [4.69, 9.17) is 4.98 Å². The number of nitrogens with zero attached hydrogens (tertiary/aromatic N) is 5. The molecule has 0 fully saturated rings. The SMILES string of the molecule is CN(Cc1ccc(F)cc1)C(=O)CSc1nc2nn(-c3ccccc3)c(=O)c-2c2n1CCCCC2. The van der Waals surface area contributed by atoms with E-state index in [9.17, 15) is 14.0 Å². The van der Waals surface area contributed by atoms with Crippen LogP contribution in [0.1, 0.15) is 30.5 Å². The first-order valence-electron chi connectivity index (χ1n) is 11.7. The van der Waals surface area contributed by atoms with E-state index in [0.29, 0.717) is 28.8 Å². The van der Waals surface area contributed by atoms with Gasteiger partial charge in [0.15, 0.2) is 11.0 Å². The Labute approximate surface area is 206 Å². The second-order valence-corrected chi connectivity index (χ2v) is 9.66. The number of hydrogen-bond acceptors (Lipinski definition) is 5. The van der Waals surface area contributed by atoms with Gasteiger partial charge in [-0.1, -0.05) is 48.5 Å². The molecule has 5 rings (SSSR count). The maximum absolute atomic E-state index is 13.3. The zero-order valence-electron chi connectivity index (χ0n) is 19.5. The molecule has 9 heteroatoms. The summed E-state index contributed by atoms with van der Waals surface area (Å²) in [5, 5.41) is 5.25. The van der Waals surface area contributed by atoms with E-state index in [2.05, 4.69) is 9.67 Å². The number of thioether (sulfide) groups is 1. The van der Waals surface area contributed by atoms with Gasteiger partial charge in [0, 0.05) is 25.8 Å². The molecule has 0 spiro atoms. The van der Waals surface area contributed by atoms with Crippen molar-refractivity contribution < 1.29 is 9.18 Å². The fourth-order valence-corrected chi connectivity index (χ4v) is 5.38. The number of fused-ring (bicyclic) bond motifs is 3. The number of halogens is 1. The molecule has 3 heterocycles. The lowest BCUT2D eigenvalue weighted by Gasteiger charge is -2.20. The Morgan fingerprint density at radius 3 is 2.63 bits per heavy atom. The molecular weight excluding hydrogens is 465 g/mol. The highest BCUT2D eigenvalue weighted by Gasteiger charge is 2.27. The Morgan fingerprint density at radius 2 is 1.86 bits per heavy atom. The lowest BCUT2D eigenvalue weighted by atomic mass is 10.1. The van der Waals surface area contributed by atoms with Gasteiger partial charge in [-0.05, 0) is 49.1 Å². The highest BCUT2D eigenvalue weighted by atomic mass is 32.2. The summed E-state index contributed by atoms with van der Waals surface area (Å²) in [6.07, 6.45) is 3.85. The topological polar surface area (TPSA) is 73.0 Å². The van der Waals surface area contributed by atoms with Crippen LogP contribution in [-0.2, 0) is 24.3 Å². The zero-order valence-corrected chi connectivity index (χ0v) is 20.3. The van der Waals surface area contributed by atoms with Crippen molar-refractivity contribution in [3.05, 3.63) is 82.0 Å². The molecule has 0 radical (unpaired) electrons. The lowest BCUT2D eigenvalue weighted by Crippen LogP contribution is -2.28. The molecule has 0 N–H and O–H groups in total. The fourth-order valence-electron chi connectivity index (χ4n) is 4.40. The summed E-state index contributed by atoms with van der Waals surface area (Å²) in [6, 6.07) is 15.5. The lowest BCUT2D eigenvalue weighted by molar-refractivity contribution is -0.127. The largest absolute Gasteiger partial charge is 0.341 e. The Kier molecular flexibility index (Phi) is 6.68. The minimum absolute atomic E-state index is 0.0523. The number of rotatable bonds is 6. The van der Waals surface area contributed by atoms with Crippen molar-refractivity contribution in [3.8, 4) is 17.1 Å². The molecule has 0 bridgehead atoms. The van der Waals surface area contributed by atoms with Crippen LogP contribution in [0.5, 0.6) is 0 Å². The van der Waals surface area contributed by atoms with E-state index in [1.165, 1.54) is 28.6 Å². The van der Waals surface area contributed by atoms with Gasteiger partial charge in [0.1, 0.15) is 11.4 Å². The summed E-state index contributed by atoms with van der Waals surface area (Å²) in [7, 11) is 1.74. The third-order valence-corrected chi connectivity index (χ3v) is 7.21. The molecule has 7 nitrogen and oxygen atoms in total. The van der Waals surface area contributed by atoms with Gasteiger partial charge in [-0.15, -0.1) is 5.10 Å². The molecule has 2 aromatic carbocycles. The van der Waals surface area contributed by atoms with Gasteiger partial charge in [-0.2, -0.15) is 4.68 Å². The normalized spacial score (nSPS) is 13.4. The van der Waals surface area contributed by atoms with Crippen molar-refractivity contribution >= 4 is 17.7 Å². The highest BCUT2D eigenvalue weighted by molar-refractivity contribution is 7.99. The molecule has 0 saturated carbocycles. The van der Waals surface area contributed by atoms with Crippen LogP contribution >= 0.6 is 11.8 Å². The standard InChI is InChI=1S/C26H26FN5O2S/c1-30(16-18-11-13-19(27)14-12-18)22(33)17-35-26-28-24-23(21-10-6-3-7-15-31(21)26)25(34)32(29-24)20-8-4-2-5-9-20/h2,4-5,8-9,11-14H,3,6-7,10,15-17H2,1H3. The Hall–Kier alpha value is -3.46. The molecule has 2 aromatic rings. The van der Waals surface area contributed by atoms with Crippen LogP contribution in [0, 0.1) is 5.82 Å². The number of aromatic nitrogens is 4. The van der Waals surface area contributed by atoms with Crippen molar-refractivity contribution in [2.45, 2.75) is 43.9 Å². The molecule has 35 heavy (non-hydrogen) atoms. The van der Waals surface area contributed by atoms with Crippen molar-refractivity contribution in [2.24, 2.45) is 0 Å².